The largest absolute Gasteiger partial charge is 0.491 e. The number of nitrogens with zero attached hydrogens (tertiary/aromatic N) is 8. The minimum atomic E-state index is -0.642. The van der Waals surface area contributed by atoms with Crippen LogP contribution in [0.3, 0.4) is 0 Å². The molecule has 0 spiro atoms. The molecule has 0 saturated heterocycles. The van der Waals surface area contributed by atoms with Gasteiger partial charge in [0.05, 0.1) is 12.1 Å². The summed E-state index contributed by atoms with van der Waals surface area (Å²) < 4.78 is 11.8. The van der Waals surface area contributed by atoms with Gasteiger partial charge in [-0.3, -0.25) is 4.98 Å². The first-order valence-corrected chi connectivity index (χ1v) is 10.8. The molecule has 166 valence electrons. The molecule has 0 radical (unpaired) electrons. The molecule has 32 heavy (non-hydrogen) atoms. The molecule has 0 aliphatic carbocycles. The summed E-state index contributed by atoms with van der Waals surface area (Å²) >= 11 is 0. The molecule has 10 nitrogen and oxygen atoms in total. The first-order valence-electron chi connectivity index (χ1n) is 10.8. The van der Waals surface area contributed by atoms with E-state index in [4.69, 9.17) is 9.72 Å². The molecule has 4 aromatic heterocycles. The fraction of sp³-hybridized carbons (Fsp3) is 0.409. The average molecular weight is 435 g/mol. The number of ether oxygens (including phenoxy) is 1. The van der Waals surface area contributed by atoms with Gasteiger partial charge in [0.15, 0.2) is 5.82 Å². The zero-order valence-electron chi connectivity index (χ0n) is 18.4. The average Bonchev–Trinajstić information content (AvgIpc) is 3.50. The Morgan fingerprint density at radius 2 is 2.06 bits per heavy atom. The number of hydrogen-bond donors (Lipinski definition) is 1. The Balaban J connectivity index is 1.40. The maximum atomic E-state index is 10.5. The molecule has 1 aliphatic heterocycles. The summed E-state index contributed by atoms with van der Waals surface area (Å²) in [6.45, 7) is 5.35. The Labute approximate surface area is 185 Å². The predicted molar refractivity (Wildman–Crippen MR) is 117 cm³/mol. The molecule has 0 saturated carbocycles. The Morgan fingerprint density at radius 1 is 1.19 bits per heavy atom. The van der Waals surface area contributed by atoms with Crippen LogP contribution in [0.5, 0.6) is 5.75 Å². The molecule has 1 N–H and O–H groups in total. The van der Waals surface area contributed by atoms with Crippen LogP contribution in [0.15, 0.2) is 37.2 Å². The Hall–Kier alpha value is -3.53. The summed E-state index contributed by atoms with van der Waals surface area (Å²) in [7, 11) is 1.88. The van der Waals surface area contributed by atoms with Crippen LogP contribution in [0.25, 0.3) is 22.9 Å². The number of aliphatic hydroxyl groups excluding tert-OH is 1. The molecule has 10 heteroatoms. The van der Waals surface area contributed by atoms with Crippen molar-refractivity contribution in [3.63, 3.8) is 0 Å². The number of rotatable bonds is 6. The van der Waals surface area contributed by atoms with Gasteiger partial charge in [-0.25, -0.2) is 19.6 Å². The SMILES string of the molecule is CC(C)n1ncnc1-c1cn2c(n1)-c1cnc(CCC(O)c3nccn3C)cc1OCC2. The van der Waals surface area contributed by atoms with Crippen LogP contribution >= 0.6 is 0 Å². The molecule has 1 unspecified atom stereocenters. The molecular formula is C22H26N8O2. The minimum absolute atomic E-state index is 0.190. The smallest absolute Gasteiger partial charge is 0.178 e. The number of aliphatic hydroxyl groups is 1. The number of imidazole rings is 2. The quantitative estimate of drug-likeness (QED) is 0.497. The van der Waals surface area contributed by atoms with Crippen molar-refractivity contribution in [2.75, 3.05) is 6.61 Å². The van der Waals surface area contributed by atoms with Gasteiger partial charge in [-0.2, -0.15) is 5.10 Å². The maximum Gasteiger partial charge on any atom is 0.178 e. The van der Waals surface area contributed by atoms with Crippen LogP contribution in [0.1, 0.15) is 43.9 Å². The molecule has 4 aromatic rings. The highest BCUT2D eigenvalue weighted by Gasteiger charge is 2.22. The number of hydrogen-bond acceptors (Lipinski definition) is 7. The van der Waals surface area contributed by atoms with E-state index >= 15 is 0 Å². The molecule has 5 rings (SSSR count). The third-order valence-electron chi connectivity index (χ3n) is 5.65. The lowest BCUT2D eigenvalue weighted by molar-refractivity contribution is 0.154. The normalized spacial score (nSPS) is 14.0. The second kappa shape index (κ2) is 8.19. The van der Waals surface area contributed by atoms with E-state index in [-0.39, 0.29) is 6.04 Å². The number of pyridine rings is 1. The third kappa shape index (κ3) is 3.66. The van der Waals surface area contributed by atoms with Crippen molar-refractivity contribution in [1.82, 2.24) is 38.9 Å². The third-order valence-corrected chi connectivity index (χ3v) is 5.65. The molecule has 0 bridgehead atoms. The highest BCUT2D eigenvalue weighted by atomic mass is 16.5. The van der Waals surface area contributed by atoms with Gasteiger partial charge in [0, 0.05) is 49.6 Å². The van der Waals surface area contributed by atoms with Gasteiger partial charge in [-0.05, 0) is 26.7 Å². The van der Waals surface area contributed by atoms with Gasteiger partial charge >= 0.3 is 0 Å². The van der Waals surface area contributed by atoms with E-state index in [9.17, 15) is 5.11 Å². The summed E-state index contributed by atoms with van der Waals surface area (Å²) in [5, 5.41) is 14.8. The first-order chi connectivity index (χ1) is 15.5. The Bertz CT molecular complexity index is 1240. The van der Waals surface area contributed by atoms with Gasteiger partial charge in [0.25, 0.3) is 0 Å². The highest BCUT2D eigenvalue weighted by molar-refractivity contribution is 5.67. The van der Waals surface area contributed by atoms with Crippen molar-refractivity contribution in [2.24, 2.45) is 7.05 Å². The number of aryl methyl sites for hydroxylation is 2. The summed E-state index contributed by atoms with van der Waals surface area (Å²) in [5.74, 6) is 2.95. The second-order valence-corrected chi connectivity index (χ2v) is 8.24. The standard InChI is InChI=1S/C22H26N8O2/c1-14(2)30-21(25-13-26-30)17-12-29-8-9-32-19-10-15(24-11-16(19)20(29)27-17)4-5-18(31)22-23-6-7-28(22)3/h6-7,10-14,18,31H,4-5,8-9H2,1-3H3. The summed E-state index contributed by atoms with van der Waals surface area (Å²) in [6.07, 6.45) is 9.37. The maximum absolute atomic E-state index is 10.5. The molecular weight excluding hydrogens is 408 g/mol. The predicted octanol–water partition coefficient (Wildman–Crippen LogP) is 2.58. The molecule has 1 aliphatic rings. The topological polar surface area (TPSA) is 109 Å². The van der Waals surface area contributed by atoms with Gasteiger partial charge in [0.1, 0.15) is 42.1 Å². The van der Waals surface area contributed by atoms with Crippen molar-refractivity contribution < 1.29 is 9.84 Å². The van der Waals surface area contributed by atoms with Crippen LogP contribution in [0, 0.1) is 0 Å². The molecule has 0 amide bonds. The van der Waals surface area contributed by atoms with Gasteiger partial charge in [-0.1, -0.05) is 0 Å². The Kier molecular flexibility index (Phi) is 5.22. The van der Waals surface area contributed by atoms with Gasteiger partial charge < -0.3 is 19.0 Å². The summed E-state index contributed by atoms with van der Waals surface area (Å²) in [6, 6.07) is 2.14. The Morgan fingerprint density at radius 3 is 2.84 bits per heavy atom. The monoisotopic (exact) mass is 434 g/mol. The minimum Gasteiger partial charge on any atom is -0.491 e. The van der Waals surface area contributed by atoms with Crippen molar-refractivity contribution in [3.05, 3.63) is 48.7 Å². The van der Waals surface area contributed by atoms with Crippen LogP contribution in [-0.4, -0.2) is 50.6 Å². The van der Waals surface area contributed by atoms with E-state index in [0.717, 1.165) is 34.3 Å². The van der Waals surface area contributed by atoms with Crippen molar-refractivity contribution in [2.45, 2.75) is 45.4 Å². The van der Waals surface area contributed by atoms with E-state index in [2.05, 4.69) is 38.5 Å². The fourth-order valence-corrected chi connectivity index (χ4v) is 3.99. The fourth-order valence-electron chi connectivity index (χ4n) is 3.99. The highest BCUT2D eigenvalue weighted by Crippen LogP contribution is 2.34. The van der Waals surface area contributed by atoms with Gasteiger partial charge in [0.2, 0.25) is 0 Å². The van der Waals surface area contributed by atoms with E-state index in [1.54, 1.807) is 18.7 Å². The van der Waals surface area contributed by atoms with E-state index in [1.807, 2.05) is 34.8 Å². The van der Waals surface area contributed by atoms with Crippen LogP contribution < -0.4 is 4.74 Å². The lowest BCUT2D eigenvalue weighted by Crippen LogP contribution is -2.07. The number of fused-ring (bicyclic) bond motifs is 3. The molecule has 0 aromatic carbocycles. The van der Waals surface area contributed by atoms with E-state index in [0.29, 0.717) is 31.8 Å². The zero-order chi connectivity index (χ0) is 22.2. The number of aromatic nitrogens is 8. The lowest BCUT2D eigenvalue weighted by atomic mass is 10.1. The molecule has 1 atom stereocenters. The zero-order valence-corrected chi connectivity index (χ0v) is 18.4. The first kappa shape index (κ1) is 20.4. The molecule has 5 heterocycles. The van der Waals surface area contributed by atoms with Crippen LogP contribution in [0.2, 0.25) is 0 Å². The summed E-state index contributed by atoms with van der Waals surface area (Å²) in [4.78, 5) is 18.1. The van der Waals surface area contributed by atoms with Gasteiger partial charge in [-0.15, -0.1) is 0 Å². The van der Waals surface area contributed by atoms with Crippen molar-refractivity contribution in [1.29, 1.82) is 0 Å². The molecule has 0 fully saturated rings. The van der Waals surface area contributed by atoms with Crippen molar-refractivity contribution in [3.8, 4) is 28.7 Å². The lowest BCUT2D eigenvalue weighted by Gasteiger charge is -2.12. The van der Waals surface area contributed by atoms with E-state index < -0.39 is 6.10 Å². The van der Waals surface area contributed by atoms with E-state index in [1.165, 1.54) is 0 Å². The second-order valence-electron chi connectivity index (χ2n) is 8.24. The van der Waals surface area contributed by atoms with Crippen LogP contribution in [-0.2, 0) is 20.0 Å². The van der Waals surface area contributed by atoms with Crippen molar-refractivity contribution >= 4 is 0 Å². The summed E-state index contributed by atoms with van der Waals surface area (Å²) in [5.41, 5.74) is 2.48. The van der Waals surface area contributed by atoms with Crippen LogP contribution in [0.4, 0.5) is 0 Å².